The Morgan fingerprint density at radius 1 is 0.549 bits per heavy atom. The molecule has 0 aliphatic carbocycles. The van der Waals surface area contributed by atoms with E-state index < -0.39 is 5.91 Å². The molecule has 3 aromatic heterocycles. The number of amides is 1. The van der Waals surface area contributed by atoms with Crippen molar-refractivity contribution in [2.24, 2.45) is 5.73 Å². The van der Waals surface area contributed by atoms with Crippen molar-refractivity contribution >= 4 is 70.6 Å². The van der Waals surface area contributed by atoms with E-state index in [1.54, 1.807) is 42.2 Å². The van der Waals surface area contributed by atoms with Crippen LogP contribution >= 0.6 is 46.9 Å². The number of carbonyl (C=O) groups excluding carboxylic acids is 1. The molecule has 0 radical (unpaired) electrons. The van der Waals surface area contributed by atoms with Gasteiger partial charge in [0.15, 0.2) is 0 Å². The second-order valence-electron chi connectivity index (χ2n) is 22.6. The van der Waals surface area contributed by atoms with Crippen molar-refractivity contribution in [2.75, 3.05) is 96.3 Å². The van der Waals surface area contributed by atoms with Crippen LogP contribution in [0.25, 0.3) is 0 Å². The molecule has 8 aromatic rings. The molecule has 1 amide bonds. The first-order valence-electron chi connectivity index (χ1n) is 29.3. The number of rotatable bonds is 19. The molecule has 5 aromatic carbocycles. The number of likely N-dealkylation sites (N-methyl/N-ethyl adjacent to an activating group) is 3. The number of ether oxygens (including phenoxy) is 2. The maximum atomic E-state index is 11.4. The molecule has 476 valence electrons. The van der Waals surface area contributed by atoms with Crippen LogP contribution in [0.3, 0.4) is 0 Å². The predicted molar refractivity (Wildman–Crippen MR) is 368 cm³/mol. The Labute approximate surface area is 555 Å². The fourth-order valence-corrected chi connectivity index (χ4v) is 12.8. The molecule has 91 heavy (non-hydrogen) atoms. The number of hydrogen-bond donors (Lipinski definition) is 1. The van der Waals surface area contributed by atoms with Crippen molar-refractivity contribution in [2.45, 2.75) is 109 Å². The number of hydrogen-bond acceptors (Lipinski definition) is 20. The van der Waals surface area contributed by atoms with Gasteiger partial charge in [-0.15, -0.1) is 0 Å². The molecule has 0 saturated carbocycles. The summed E-state index contributed by atoms with van der Waals surface area (Å²) in [6, 6.07) is 44.4. The monoisotopic (exact) mass is 1300 g/mol. The summed E-state index contributed by atoms with van der Waals surface area (Å²) in [6.45, 7) is 10.5. The number of nitrogens with two attached hydrogens (primary N) is 1. The van der Waals surface area contributed by atoms with E-state index >= 15 is 0 Å². The van der Waals surface area contributed by atoms with Gasteiger partial charge < -0.3 is 44.6 Å². The molecule has 3 fully saturated rings. The van der Waals surface area contributed by atoms with E-state index in [-0.39, 0.29) is 14.9 Å². The highest BCUT2D eigenvalue weighted by atomic mass is 35.5. The summed E-state index contributed by atoms with van der Waals surface area (Å²) in [5.74, 6) is 2.78. The first-order valence-corrected chi connectivity index (χ1v) is 32.1. The largest absolute Gasteiger partial charge is 0.472 e. The fraction of sp³-hybridized carbons (Fsp3) is 0.348. The zero-order chi connectivity index (χ0) is 63.0. The number of aryl methyl sites for hydroxylation is 2. The van der Waals surface area contributed by atoms with Crippen LogP contribution in [-0.2, 0) is 13.2 Å². The average molecular weight is 1300 g/mol. The molecule has 18 nitrogen and oxygen atoms in total. The molecule has 0 spiro atoms. The fourth-order valence-electron chi connectivity index (χ4n) is 10.1. The maximum absolute atomic E-state index is 11.4. The average Bonchev–Trinajstić information content (AvgIpc) is 1.95. The van der Waals surface area contributed by atoms with Gasteiger partial charge in [0.1, 0.15) is 18.4 Å². The second-order valence-corrected chi connectivity index (χ2v) is 26.3. The molecule has 11 rings (SSSR count). The Hall–Kier alpha value is -7.99. The van der Waals surface area contributed by atoms with Crippen molar-refractivity contribution in [3.05, 3.63) is 184 Å². The second kappa shape index (κ2) is 33.9. The minimum absolute atomic E-state index is 0. The van der Waals surface area contributed by atoms with Gasteiger partial charge in [-0.1, -0.05) is 121 Å². The third kappa shape index (κ3) is 20.0. The zero-order valence-electron chi connectivity index (χ0n) is 51.5. The highest BCUT2D eigenvalue weighted by Crippen LogP contribution is 2.38. The van der Waals surface area contributed by atoms with Gasteiger partial charge >= 0.3 is 0 Å². The first kappa shape index (κ1) is 70.5. The van der Waals surface area contributed by atoms with Crippen molar-refractivity contribution in [1.82, 2.24) is 44.6 Å². The molecule has 3 aliphatic heterocycles. The lowest BCUT2D eigenvalue weighted by atomic mass is 10.1. The molecular weight excluding hydrogens is 1220 g/mol. The van der Waals surface area contributed by atoms with Crippen LogP contribution in [0.2, 0.25) is 5.15 Å². The number of benzene rings is 5. The van der Waals surface area contributed by atoms with Crippen molar-refractivity contribution in [1.29, 1.82) is 10.5 Å². The van der Waals surface area contributed by atoms with E-state index in [0.29, 0.717) is 82.8 Å². The number of anilines is 3. The zero-order valence-corrected chi connectivity index (χ0v) is 54.7. The van der Waals surface area contributed by atoms with Gasteiger partial charge in [0, 0.05) is 83.8 Å². The summed E-state index contributed by atoms with van der Waals surface area (Å²) in [7, 11) is 12.6. The number of primary amides is 1. The van der Waals surface area contributed by atoms with E-state index in [2.05, 4.69) is 148 Å². The van der Waals surface area contributed by atoms with Crippen LogP contribution in [0.1, 0.15) is 77.9 Å². The highest BCUT2D eigenvalue weighted by molar-refractivity contribution is 8.00. The molecule has 2 N–H and O–H groups in total. The number of halogens is 1. The molecule has 22 heteroatoms. The van der Waals surface area contributed by atoms with Gasteiger partial charge in [-0.05, 0) is 159 Å². The van der Waals surface area contributed by atoms with Crippen LogP contribution in [-0.4, -0.2) is 150 Å². The Balaban J connectivity index is 0.000000194. The molecule has 3 atom stereocenters. The van der Waals surface area contributed by atoms with Gasteiger partial charge in [-0.25, -0.2) is 15.0 Å². The lowest BCUT2D eigenvalue weighted by Crippen LogP contribution is -2.32. The molecule has 3 saturated heterocycles. The van der Waals surface area contributed by atoms with E-state index in [1.807, 2.05) is 79.1 Å². The van der Waals surface area contributed by atoms with E-state index in [0.717, 1.165) is 99.0 Å². The minimum atomic E-state index is -0.442. The summed E-state index contributed by atoms with van der Waals surface area (Å²) in [5.41, 5.74) is 11.7. The lowest BCUT2D eigenvalue weighted by molar-refractivity contribution is 0.1000. The first-order chi connectivity index (χ1) is 43.0. The van der Waals surface area contributed by atoms with Gasteiger partial charge in [0.2, 0.25) is 35.5 Å². The predicted octanol–water partition coefficient (Wildman–Crippen LogP) is 12.8. The molecule has 0 bridgehead atoms. The number of aromatic nitrogens is 6. The SMILES string of the molecule is C.C.CN(C)[C@@H]1CCN(c2ncc(Sc3ccc(C#N)cc3)c(Cl)n2)C1.Cc1cccc(COc2nc(N3CC[C@@H](N(C)C)C3)ncc2Sc2ccc(C#N)cc2)c1.Cc1cccc(COc2nc(N3CC[C@@H](N(C)C)C3)ncc2Sc2ccc(C(N)=O)cc2)c1. The Morgan fingerprint density at radius 3 is 1.23 bits per heavy atom. The molecule has 0 unspecified atom stereocenters. The van der Waals surface area contributed by atoms with Crippen molar-refractivity contribution in [3.8, 4) is 23.9 Å². The molecule has 6 heterocycles. The van der Waals surface area contributed by atoms with Crippen LogP contribution in [0, 0.1) is 36.5 Å². The number of nitriles is 2. The van der Waals surface area contributed by atoms with E-state index in [1.165, 1.54) is 34.7 Å². The van der Waals surface area contributed by atoms with Gasteiger partial charge in [0.25, 0.3) is 0 Å². The van der Waals surface area contributed by atoms with E-state index in [4.69, 9.17) is 47.3 Å². The van der Waals surface area contributed by atoms with Crippen molar-refractivity contribution in [3.63, 3.8) is 0 Å². The third-order valence-electron chi connectivity index (χ3n) is 15.4. The van der Waals surface area contributed by atoms with Crippen LogP contribution in [0.15, 0.2) is 169 Å². The van der Waals surface area contributed by atoms with Crippen molar-refractivity contribution < 1.29 is 14.3 Å². The minimum Gasteiger partial charge on any atom is -0.472 e. The normalized spacial score (nSPS) is 15.8. The lowest BCUT2D eigenvalue weighted by Gasteiger charge is -2.21. The van der Waals surface area contributed by atoms with Crippen LogP contribution in [0.4, 0.5) is 17.8 Å². The molecular formula is C69H82ClN15O3S3. The smallest absolute Gasteiger partial charge is 0.248 e. The third-order valence-corrected chi connectivity index (χ3v) is 18.8. The number of carbonyl (C=O) groups is 1. The standard InChI is InChI=1S/C25H29N5O2S.C25H27N5OS.C17H18ClN5S.2CH4/c1-17-5-4-6-18(13-17)16-32-24-22(33-21-9-7-19(8-10-21)23(26)31)14-27-25(28-24)30-12-11-20(15-30)29(2)3;1-18-5-4-6-20(13-18)17-31-24-23(32-22-9-7-19(14-26)8-10-22)15-27-25(28-24)30-12-11-21(16-30)29(2)3;1-22(2)13-7-8-23(11-13)17-20-10-15(16(18)21-17)24-14-5-3-12(9-19)4-6-14;;/h4-10,13-14,20H,11-12,15-16H2,1-3H3,(H2,26,31);4-10,13,15,21H,11-12,16-17H2,1-3H3;3-6,10,13H,7-8,11H2,1-2H3;2*1H4/t20-;21-;13-;;/m111../s1. The number of nitrogens with zero attached hydrogens (tertiary/aromatic N) is 14. The van der Waals surface area contributed by atoms with Crippen LogP contribution < -0.4 is 29.9 Å². The quantitative estimate of drug-likeness (QED) is 0.0747. The molecule has 3 aliphatic rings. The Bertz CT molecular complexity index is 3760. The Morgan fingerprint density at radius 2 is 0.901 bits per heavy atom. The summed E-state index contributed by atoms with van der Waals surface area (Å²) in [4.78, 5) is 58.0. The summed E-state index contributed by atoms with van der Waals surface area (Å²) < 4.78 is 12.4. The van der Waals surface area contributed by atoms with Gasteiger partial charge in [0.05, 0.1) is 50.3 Å². The van der Waals surface area contributed by atoms with Crippen LogP contribution in [0.5, 0.6) is 11.8 Å². The Kier molecular flexibility index (Phi) is 26.2. The summed E-state index contributed by atoms with van der Waals surface area (Å²) in [6.07, 6.45) is 8.73. The van der Waals surface area contributed by atoms with E-state index in [9.17, 15) is 4.79 Å². The topological polar surface area (TPSA) is 206 Å². The van der Waals surface area contributed by atoms with Gasteiger partial charge in [-0.2, -0.15) is 25.5 Å². The maximum Gasteiger partial charge on any atom is 0.248 e. The summed E-state index contributed by atoms with van der Waals surface area (Å²) >= 11 is 10.9. The highest BCUT2D eigenvalue weighted by Gasteiger charge is 2.29. The summed E-state index contributed by atoms with van der Waals surface area (Å²) in [5, 5.41) is 18.3. The van der Waals surface area contributed by atoms with Gasteiger partial charge in [-0.3, -0.25) is 4.79 Å².